The molecule has 0 fully saturated rings. The van der Waals surface area contributed by atoms with E-state index in [1.165, 1.54) is 16.8 Å². The highest BCUT2D eigenvalue weighted by Crippen LogP contribution is 2.33. The van der Waals surface area contributed by atoms with Gasteiger partial charge < -0.3 is 10.2 Å². The fourth-order valence-corrected chi connectivity index (χ4v) is 2.05. The van der Waals surface area contributed by atoms with Crippen molar-refractivity contribution >= 4 is 0 Å². The standard InChI is InChI=1S/C14H12N4O2/c1-9-13(10-5-3-2-4-6-10)14(20)18(17-9)11-7-8-12(19)16-15-11/h2-8,20H,1H3,(H,16,19). The Labute approximate surface area is 115 Å². The molecule has 0 aliphatic heterocycles. The van der Waals surface area contributed by atoms with Crippen LogP contribution in [0, 0.1) is 6.92 Å². The summed E-state index contributed by atoms with van der Waals surface area (Å²) in [6.45, 7) is 1.81. The average molecular weight is 268 g/mol. The van der Waals surface area contributed by atoms with Gasteiger partial charge in [0.15, 0.2) is 5.82 Å². The van der Waals surface area contributed by atoms with Crippen molar-refractivity contribution in [1.82, 2.24) is 20.0 Å². The third-order valence-corrected chi connectivity index (χ3v) is 2.95. The van der Waals surface area contributed by atoms with Crippen LogP contribution < -0.4 is 0 Å². The van der Waals surface area contributed by atoms with Crippen LogP contribution >= 0.6 is 0 Å². The molecule has 6 nitrogen and oxygen atoms in total. The Bertz CT molecular complexity index is 736. The summed E-state index contributed by atoms with van der Waals surface area (Å²) in [6.07, 6.45) is 0. The van der Waals surface area contributed by atoms with Crippen LogP contribution in [0.25, 0.3) is 16.9 Å². The molecule has 0 bridgehead atoms. The van der Waals surface area contributed by atoms with Crippen LogP contribution in [0.4, 0.5) is 0 Å². The number of aromatic hydroxyl groups is 2. The number of rotatable bonds is 2. The summed E-state index contributed by atoms with van der Waals surface area (Å²) in [4.78, 5) is 0. The van der Waals surface area contributed by atoms with Gasteiger partial charge in [-0.3, -0.25) is 0 Å². The molecule has 20 heavy (non-hydrogen) atoms. The van der Waals surface area contributed by atoms with Crippen molar-refractivity contribution in [2.75, 3.05) is 0 Å². The van der Waals surface area contributed by atoms with E-state index in [0.29, 0.717) is 17.1 Å². The molecule has 2 N–H and O–H groups in total. The largest absolute Gasteiger partial charge is 0.493 e. The fourth-order valence-electron chi connectivity index (χ4n) is 2.05. The normalized spacial score (nSPS) is 10.7. The van der Waals surface area contributed by atoms with Crippen LogP contribution in [0.1, 0.15) is 5.69 Å². The molecule has 0 atom stereocenters. The molecule has 2 aromatic heterocycles. The van der Waals surface area contributed by atoms with E-state index in [9.17, 15) is 5.11 Å². The zero-order valence-corrected chi connectivity index (χ0v) is 10.7. The number of hydrogen-bond donors (Lipinski definition) is 2. The topological polar surface area (TPSA) is 84.1 Å². The summed E-state index contributed by atoms with van der Waals surface area (Å²) in [7, 11) is 0. The quantitative estimate of drug-likeness (QED) is 0.743. The highest BCUT2D eigenvalue weighted by Gasteiger charge is 2.17. The minimum atomic E-state index is -0.180. The number of nitrogens with zero attached hydrogens (tertiary/aromatic N) is 4. The van der Waals surface area contributed by atoms with Crippen molar-refractivity contribution in [2.24, 2.45) is 0 Å². The van der Waals surface area contributed by atoms with Crippen LogP contribution in [-0.4, -0.2) is 30.2 Å². The molecule has 6 heteroatoms. The molecular formula is C14H12N4O2. The van der Waals surface area contributed by atoms with Crippen molar-refractivity contribution in [3.63, 3.8) is 0 Å². The fraction of sp³-hybridized carbons (Fsp3) is 0.0714. The van der Waals surface area contributed by atoms with Gasteiger partial charge in [-0.25, -0.2) is 0 Å². The molecule has 0 aliphatic carbocycles. The van der Waals surface area contributed by atoms with Gasteiger partial charge in [0.1, 0.15) is 0 Å². The summed E-state index contributed by atoms with van der Waals surface area (Å²) in [5.41, 5.74) is 2.21. The van der Waals surface area contributed by atoms with E-state index in [-0.39, 0.29) is 11.8 Å². The lowest BCUT2D eigenvalue weighted by Crippen LogP contribution is -2.00. The van der Waals surface area contributed by atoms with Gasteiger partial charge in [0, 0.05) is 6.07 Å². The molecule has 0 spiro atoms. The smallest absolute Gasteiger partial charge is 0.231 e. The van der Waals surface area contributed by atoms with Crippen LogP contribution in [0.3, 0.4) is 0 Å². The second kappa shape index (κ2) is 4.65. The first-order valence-corrected chi connectivity index (χ1v) is 6.04. The zero-order valence-electron chi connectivity index (χ0n) is 10.7. The van der Waals surface area contributed by atoms with Gasteiger partial charge in [0.2, 0.25) is 11.8 Å². The van der Waals surface area contributed by atoms with Crippen LogP contribution in [0.5, 0.6) is 11.8 Å². The predicted molar refractivity (Wildman–Crippen MR) is 72.7 cm³/mol. The first kappa shape index (κ1) is 12.2. The third kappa shape index (κ3) is 1.97. The Morgan fingerprint density at radius 2 is 1.70 bits per heavy atom. The molecule has 3 rings (SSSR count). The van der Waals surface area contributed by atoms with E-state index in [2.05, 4.69) is 15.3 Å². The monoisotopic (exact) mass is 268 g/mol. The molecule has 0 saturated carbocycles. The maximum atomic E-state index is 10.4. The summed E-state index contributed by atoms with van der Waals surface area (Å²) < 4.78 is 1.30. The Morgan fingerprint density at radius 1 is 0.950 bits per heavy atom. The molecule has 0 unspecified atom stereocenters. The van der Waals surface area contributed by atoms with Gasteiger partial charge in [-0.1, -0.05) is 30.3 Å². The van der Waals surface area contributed by atoms with Gasteiger partial charge >= 0.3 is 0 Å². The second-order valence-corrected chi connectivity index (χ2v) is 4.31. The number of benzene rings is 1. The molecule has 0 radical (unpaired) electrons. The van der Waals surface area contributed by atoms with Crippen molar-refractivity contribution in [3.8, 4) is 28.7 Å². The number of hydrogen-bond acceptors (Lipinski definition) is 5. The minimum Gasteiger partial charge on any atom is -0.493 e. The molecule has 1 aromatic carbocycles. The maximum absolute atomic E-state index is 10.4. The van der Waals surface area contributed by atoms with E-state index in [0.717, 1.165) is 5.56 Å². The maximum Gasteiger partial charge on any atom is 0.231 e. The first-order chi connectivity index (χ1) is 9.66. The van der Waals surface area contributed by atoms with Crippen molar-refractivity contribution in [1.29, 1.82) is 0 Å². The molecule has 100 valence electrons. The van der Waals surface area contributed by atoms with E-state index in [4.69, 9.17) is 5.11 Å². The summed E-state index contributed by atoms with van der Waals surface area (Å²) >= 11 is 0. The summed E-state index contributed by atoms with van der Waals surface area (Å²) in [5.74, 6) is 0.152. The van der Waals surface area contributed by atoms with E-state index >= 15 is 0 Å². The van der Waals surface area contributed by atoms with Gasteiger partial charge in [-0.05, 0) is 18.6 Å². The molecule has 3 aromatic rings. The third-order valence-electron chi connectivity index (χ3n) is 2.95. The van der Waals surface area contributed by atoms with Gasteiger partial charge in [-0.15, -0.1) is 10.2 Å². The van der Waals surface area contributed by atoms with Crippen molar-refractivity contribution < 1.29 is 10.2 Å². The summed E-state index contributed by atoms with van der Waals surface area (Å²) in [6, 6.07) is 12.4. The van der Waals surface area contributed by atoms with Crippen LogP contribution in [0.2, 0.25) is 0 Å². The van der Waals surface area contributed by atoms with Gasteiger partial charge in [-0.2, -0.15) is 9.78 Å². The van der Waals surface area contributed by atoms with Crippen LogP contribution in [0.15, 0.2) is 42.5 Å². The molecule has 0 amide bonds. The summed E-state index contributed by atoms with van der Waals surface area (Å²) in [5, 5.41) is 31.1. The lowest BCUT2D eigenvalue weighted by molar-refractivity contribution is 0.427. The van der Waals surface area contributed by atoms with E-state index in [1.807, 2.05) is 37.3 Å². The zero-order chi connectivity index (χ0) is 14.1. The van der Waals surface area contributed by atoms with E-state index in [1.54, 1.807) is 0 Å². The van der Waals surface area contributed by atoms with Gasteiger partial charge in [0.25, 0.3) is 0 Å². The lowest BCUT2D eigenvalue weighted by atomic mass is 10.1. The molecule has 0 saturated heterocycles. The van der Waals surface area contributed by atoms with Crippen molar-refractivity contribution in [3.05, 3.63) is 48.2 Å². The average Bonchev–Trinajstić information content (AvgIpc) is 2.76. The first-order valence-electron chi connectivity index (χ1n) is 6.04. The van der Waals surface area contributed by atoms with E-state index < -0.39 is 0 Å². The molecule has 0 aliphatic rings. The highest BCUT2D eigenvalue weighted by molar-refractivity contribution is 5.71. The number of aryl methyl sites for hydroxylation is 1. The van der Waals surface area contributed by atoms with Gasteiger partial charge in [0.05, 0.1) is 11.3 Å². The second-order valence-electron chi connectivity index (χ2n) is 4.31. The molecule has 2 heterocycles. The molecular weight excluding hydrogens is 256 g/mol. The Hall–Kier alpha value is -2.89. The Balaban J connectivity index is 2.14. The SMILES string of the molecule is Cc1nn(-c2ccc(O)nn2)c(O)c1-c1ccccc1. The minimum absolute atomic E-state index is 0.00584. The Morgan fingerprint density at radius 3 is 2.35 bits per heavy atom. The predicted octanol–water partition coefficient (Wildman–Crippen LogP) is 2.05. The van der Waals surface area contributed by atoms with Crippen LogP contribution in [-0.2, 0) is 0 Å². The van der Waals surface area contributed by atoms with Crippen molar-refractivity contribution in [2.45, 2.75) is 6.92 Å². The number of aromatic nitrogens is 4. The Kier molecular flexibility index (Phi) is 2.83. The highest BCUT2D eigenvalue weighted by atomic mass is 16.3. The lowest BCUT2D eigenvalue weighted by Gasteiger charge is -2.02.